The van der Waals surface area contributed by atoms with Crippen LogP contribution in [-0.4, -0.2) is 48.0 Å². The predicted octanol–water partition coefficient (Wildman–Crippen LogP) is 2.24. The molecular formula is C20H24N6O. The largest absolute Gasteiger partial charge is 0.340 e. The van der Waals surface area contributed by atoms with E-state index in [4.69, 9.17) is 0 Å². The maximum Gasteiger partial charge on any atom is 0.242 e. The lowest BCUT2D eigenvalue weighted by atomic mass is 9.97. The molecule has 1 aliphatic rings. The van der Waals surface area contributed by atoms with Gasteiger partial charge in [0.1, 0.15) is 18.2 Å². The Labute approximate surface area is 158 Å². The van der Waals surface area contributed by atoms with Gasteiger partial charge in [-0.1, -0.05) is 0 Å². The molecule has 0 spiro atoms. The Morgan fingerprint density at radius 2 is 1.89 bits per heavy atom. The van der Waals surface area contributed by atoms with Crippen LogP contribution in [0.3, 0.4) is 0 Å². The molecule has 0 radical (unpaired) electrons. The molecule has 0 saturated carbocycles. The number of imidazole rings is 2. The molecule has 7 heteroatoms. The molecule has 4 heterocycles. The summed E-state index contributed by atoms with van der Waals surface area (Å²) >= 11 is 0. The maximum atomic E-state index is 12.8. The van der Waals surface area contributed by atoms with Crippen LogP contribution in [0.5, 0.6) is 0 Å². The summed E-state index contributed by atoms with van der Waals surface area (Å²) in [6.07, 6.45) is 13.1. The molecule has 3 aromatic rings. The second-order valence-corrected chi connectivity index (χ2v) is 7.05. The molecular weight excluding hydrogens is 340 g/mol. The van der Waals surface area contributed by atoms with Crippen LogP contribution in [0.15, 0.2) is 49.3 Å². The number of piperidine rings is 1. The molecule has 1 fully saturated rings. The van der Waals surface area contributed by atoms with Crippen LogP contribution < -0.4 is 0 Å². The Hall–Kier alpha value is -2.96. The van der Waals surface area contributed by atoms with Crippen molar-refractivity contribution in [3.8, 4) is 0 Å². The summed E-state index contributed by atoms with van der Waals surface area (Å²) in [6, 6.07) is 4.04. The van der Waals surface area contributed by atoms with Gasteiger partial charge in [0.25, 0.3) is 0 Å². The quantitative estimate of drug-likeness (QED) is 0.696. The lowest BCUT2D eigenvalue weighted by molar-refractivity contribution is -0.133. The number of carbonyl (C=O) groups is 1. The van der Waals surface area contributed by atoms with Gasteiger partial charge in [-0.05, 0) is 37.5 Å². The molecule has 0 bridgehead atoms. The summed E-state index contributed by atoms with van der Waals surface area (Å²) < 4.78 is 4.09. The van der Waals surface area contributed by atoms with Gasteiger partial charge in [-0.25, -0.2) is 9.97 Å². The van der Waals surface area contributed by atoms with Crippen molar-refractivity contribution >= 4 is 5.91 Å². The third kappa shape index (κ3) is 3.92. The van der Waals surface area contributed by atoms with Gasteiger partial charge in [-0.15, -0.1) is 0 Å². The van der Waals surface area contributed by atoms with Crippen molar-refractivity contribution < 1.29 is 4.79 Å². The first kappa shape index (κ1) is 17.5. The zero-order chi connectivity index (χ0) is 18.6. The van der Waals surface area contributed by atoms with Gasteiger partial charge in [0.05, 0.1) is 0 Å². The van der Waals surface area contributed by atoms with Gasteiger partial charge in [0.2, 0.25) is 5.91 Å². The molecule has 0 N–H and O–H groups in total. The van der Waals surface area contributed by atoms with Crippen molar-refractivity contribution in [3.63, 3.8) is 0 Å². The number of likely N-dealkylation sites (tertiary alicyclic amines) is 1. The monoisotopic (exact) mass is 364 g/mol. The van der Waals surface area contributed by atoms with Crippen LogP contribution in [-0.2, 0) is 17.9 Å². The smallest absolute Gasteiger partial charge is 0.242 e. The minimum Gasteiger partial charge on any atom is -0.340 e. The first-order chi connectivity index (χ1) is 13.2. The van der Waals surface area contributed by atoms with Crippen LogP contribution in [0, 0.1) is 6.92 Å². The van der Waals surface area contributed by atoms with Gasteiger partial charge in [0.15, 0.2) is 0 Å². The summed E-state index contributed by atoms with van der Waals surface area (Å²) in [4.78, 5) is 27.6. The molecule has 1 aliphatic heterocycles. The Kier molecular flexibility index (Phi) is 5.00. The second kappa shape index (κ2) is 7.73. The van der Waals surface area contributed by atoms with E-state index in [0.717, 1.165) is 44.1 Å². The first-order valence-electron chi connectivity index (χ1n) is 9.36. The van der Waals surface area contributed by atoms with Crippen LogP contribution in [0.25, 0.3) is 0 Å². The van der Waals surface area contributed by atoms with E-state index < -0.39 is 0 Å². The number of aryl methyl sites for hydroxylation is 1. The standard InChI is InChI=1S/C20H24N6O/c1-16-22-8-11-24(16)15-19(27)25-10-2-3-18(14-25)20-23-9-12-26(20)13-17-4-6-21-7-5-17/h4-9,11-12,18H,2-3,10,13-15H2,1H3. The lowest BCUT2D eigenvalue weighted by Crippen LogP contribution is -2.41. The van der Waals surface area contributed by atoms with Gasteiger partial charge in [-0.2, -0.15) is 0 Å². The number of aromatic nitrogens is 5. The van der Waals surface area contributed by atoms with Crippen LogP contribution in [0.1, 0.15) is 36.0 Å². The second-order valence-electron chi connectivity index (χ2n) is 7.05. The number of pyridine rings is 1. The predicted molar refractivity (Wildman–Crippen MR) is 101 cm³/mol. The van der Waals surface area contributed by atoms with Gasteiger partial charge >= 0.3 is 0 Å². The summed E-state index contributed by atoms with van der Waals surface area (Å²) in [5, 5.41) is 0. The van der Waals surface area contributed by atoms with Gasteiger partial charge in [0, 0.05) is 62.7 Å². The number of carbonyl (C=O) groups excluding carboxylic acids is 1. The Morgan fingerprint density at radius 3 is 2.67 bits per heavy atom. The van der Waals surface area contributed by atoms with E-state index in [1.807, 2.05) is 59.5 Å². The zero-order valence-electron chi connectivity index (χ0n) is 15.5. The minimum absolute atomic E-state index is 0.146. The highest BCUT2D eigenvalue weighted by atomic mass is 16.2. The summed E-state index contributed by atoms with van der Waals surface area (Å²) in [6.45, 7) is 4.58. The van der Waals surface area contributed by atoms with Gasteiger partial charge < -0.3 is 14.0 Å². The average molecular weight is 364 g/mol. The molecule has 4 rings (SSSR count). The Bertz CT molecular complexity index is 900. The van der Waals surface area contributed by atoms with Crippen LogP contribution in [0.2, 0.25) is 0 Å². The highest BCUT2D eigenvalue weighted by Gasteiger charge is 2.27. The van der Waals surface area contributed by atoms with Crippen LogP contribution in [0.4, 0.5) is 0 Å². The molecule has 3 aromatic heterocycles. The van der Waals surface area contributed by atoms with E-state index in [1.54, 1.807) is 6.20 Å². The fourth-order valence-electron chi connectivity index (χ4n) is 3.73. The lowest BCUT2D eigenvalue weighted by Gasteiger charge is -2.33. The SMILES string of the molecule is Cc1nccn1CC(=O)N1CCCC(c2nccn2Cc2ccncc2)C1. The fourth-order valence-corrected chi connectivity index (χ4v) is 3.73. The molecule has 1 saturated heterocycles. The average Bonchev–Trinajstić information content (AvgIpc) is 3.32. The molecule has 0 aromatic carbocycles. The van der Waals surface area contributed by atoms with E-state index in [9.17, 15) is 4.79 Å². The molecule has 1 unspecified atom stereocenters. The number of amides is 1. The third-order valence-electron chi connectivity index (χ3n) is 5.22. The van der Waals surface area contributed by atoms with Gasteiger partial charge in [-0.3, -0.25) is 9.78 Å². The Balaban J connectivity index is 1.45. The highest BCUT2D eigenvalue weighted by Crippen LogP contribution is 2.26. The van der Waals surface area contributed by atoms with Crippen molar-refractivity contribution in [1.29, 1.82) is 0 Å². The van der Waals surface area contributed by atoms with Crippen molar-refractivity contribution in [2.24, 2.45) is 0 Å². The van der Waals surface area contributed by atoms with Crippen LogP contribution >= 0.6 is 0 Å². The van der Waals surface area contributed by atoms with Crippen molar-refractivity contribution in [2.45, 2.75) is 38.8 Å². The first-order valence-corrected chi connectivity index (χ1v) is 9.36. The third-order valence-corrected chi connectivity index (χ3v) is 5.22. The molecule has 0 aliphatic carbocycles. The van der Waals surface area contributed by atoms with Crippen molar-refractivity contribution in [1.82, 2.24) is 29.0 Å². The van der Waals surface area contributed by atoms with E-state index in [0.29, 0.717) is 6.54 Å². The topological polar surface area (TPSA) is 68.8 Å². The number of hydrogen-bond donors (Lipinski definition) is 0. The zero-order valence-corrected chi connectivity index (χ0v) is 15.5. The van der Waals surface area contributed by atoms with E-state index >= 15 is 0 Å². The van der Waals surface area contributed by atoms with E-state index in [1.165, 1.54) is 5.56 Å². The van der Waals surface area contributed by atoms with E-state index in [2.05, 4.69) is 19.5 Å². The molecule has 7 nitrogen and oxygen atoms in total. The molecule has 1 atom stereocenters. The molecule has 27 heavy (non-hydrogen) atoms. The van der Waals surface area contributed by atoms with Crippen molar-refractivity contribution in [3.05, 3.63) is 66.5 Å². The molecule has 1 amide bonds. The summed E-state index contributed by atoms with van der Waals surface area (Å²) in [5.74, 6) is 2.34. The maximum absolute atomic E-state index is 12.8. The normalized spacial score (nSPS) is 17.2. The Morgan fingerprint density at radius 1 is 1.11 bits per heavy atom. The highest BCUT2D eigenvalue weighted by molar-refractivity contribution is 5.76. The fraction of sp³-hybridized carbons (Fsp3) is 0.400. The minimum atomic E-state index is 0.146. The molecule has 140 valence electrons. The van der Waals surface area contributed by atoms with E-state index in [-0.39, 0.29) is 11.8 Å². The number of hydrogen-bond acceptors (Lipinski definition) is 4. The van der Waals surface area contributed by atoms with Crippen molar-refractivity contribution in [2.75, 3.05) is 13.1 Å². The summed E-state index contributed by atoms with van der Waals surface area (Å²) in [5.41, 5.74) is 1.20. The number of nitrogens with zero attached hydrogens (tertiary/aromatic N) is 6. The summed E-state index contributed by atoms with van der Waals surface area (Å²) in [7, 11) is 0. The number of rotatable bonds is 5.